The molecule has 0 aliphatic heterocycles. The first-order valence-corrected chi connectivity index (χ1v) is 14.7. The van der Waals surface area contributed by atoms with Crippen LogP contribution < -0.4 is 13.6 Å². The van der Waals surface area contributed by atoms with Crippen LogP contribution in [0.5, 0.6) is 17.2 Å². The SMILES string of the molecule is CCCCCCCCCc1ccc(OP(=O)(Oc2cccc(C)c2C)Oc2cccc(C)c2C)cc1. The maximum atomic E-state index is 14.0. The number of rotatable bonds is 14. The van der Waals surface area contributed by atoms with Crippen molar-refractivity contribution in [1.29, 1.82) is 0 Å². The van der Waals surface area contributed by atoms with E-state index in [1.165, 1.54) is 50.5 Å². The van der Waals surface area contributed by atoms with Crippen LogP contribution >= 0.6 is 7.82 Å². The molecule has 0 saturated heterocycles. The van der Waals surface area contributed by atoms with E-state index in [1.54, 1.807) is 12.1 Å². The first-order valence-electron chi connectivity index (χ1n) is 13.2. The van der Waals surface area contributed by atoms with Crippen molar-refractivity contribution in [1.82, 2.24) is 0 Å². The summed E-state index contributed by atoms with van der Waals surface area (Å²) in [5.41, 5.74) is 5.13. The fourth-order valence-electron chi connectivity index (χ4n) is 4.08. The Morgan fingerprint density at radius 3 is 1.64 bits per heavy atom. The second kappa shape index (κ2) is 13.6. The van der Waals surface area contributed by atoms with Crippen LogP contribution in [0.4, 0.5) is 0 Å². The zero-order valence-electron chi connectivity index (χ0n) is 22.5. The van der Waals surface area contributed by atoms with Gasteiger partial charge in [0.1, 0.15) is 17.2 Å². The maximum Gasteiger partial charge on any atom is 0.647 e. The molecule has 0 aliphatic rings. The third-order valence-corrected chi connectivity index (χ3v) is 8.01. The topological polar surface area (TPSA) is 44.8 Å². The Bertz CT molecular complexity index is 1100. The highest BCUT2D eigenvalue weighted by Crippen LogP contribution is 2.51. The van der Waals surface area contributed by atoms with Crippen LogP contribution in [0.3, 0.4) is 0 Å². The second-order valence-corrected chi connectivity index (χ2v) is 11.1. The Morgan fingerprint density at radius 2 is 1.11 bits per heavy atom. The average Bonchev–Trinajstić information content (AvgIpc) is 2.85. The molecular formula is C31H41O4P. The Morgan fingerprint density at radius 1 is 0.611 bits per heavy atom. The van der Waals surface area contributed by atoms with Crippen LogP contribution in [0.15, 0.2) is 60.7 Å². The van der Waals surface area contributed by atoms with E-state index in [1.807, 2.05) is 76.2 Å². The highest BCUT2D eigenvalue weighted by molar-refractivity contribution is 7.49. The van der Waals surface area contributed by atoms with Gasteiger partial charge in [-0.2, -0.15) is 4.57 Å². The number of phosphoric ester groups is 1. The van der Waals surface area contributed by atoms with Gasteiger partial charge in [0.05, 0.1) is 0 Å². The predicted molar refractivity (Wildman–Crippen MR) is 149 cm³/mol. The fraction of sp³-hybridized carbons (Fsp3) is 0.419. The molecule has 36 heavy (non-hydrogen) atoms. The largest absolute Gasteiger partial charge is 0.647 e. The molecule has 0 radical (unpaired) electrons. The Hall–Kier alpha value is -2.71. The van der Waals surface area contributed by atoms with Gasteiger partial charge in [0, 0.05) is 0 Å². The molecule has 3 aromatic rings. The van der Waals surface area contributed by atoms with Crippen molar-refractivity contribution >= 4 is 7.82 Å². The lowest BCUT2D eigenvalue weighted by Gasteiger charge is -2.22. The van der Waals surface area contributed by atoms with E-state index < -0.39 is 7.82 Å². The molecular weight excluding hydrogens is 467 g/mol. The lowest BCUT2D eigenvalue weighted by molar-refractivity contribution is 0.297. The van der Waals surface area contributed by atoms with Crippen molar-refractivity contribution in [2.24, 2.45) is 0 Å². The average molecular weight is 509 g/mol. The van der Waals surface area contributed by atoms with Crippen LogP contribution in [-0.2, 0) is 11.0 Å². The van der Waals surface area contributed by atoms with Crippen molar-refractivity contribution in [2.45, 2.75) is 86.0 Å². The van der Waals surface area contributed by atoms with Gasteiger partial charge in [-0.25, -0.2) is 0 Å². The molecule has 3 aromatic carbocycles. The van der Waals surface area contributed by atoms with Gasteiger partial charge in [0.15, 0.2) is 0 Å². The van der Waals surface area contributed by atoms with Crippen molar-refractivity contribution in [3.63, 3.8) is 0 Å². The molecule has 0 N–H and O–H groups in total. The molecule has 194 valence electrons. The third kappa shape index (κ3) is 8.17. The van der Waals surface area contributed by atoms with Gasteiger partial charge in [-0.3, -0.25) is 0 Å². The molecule has 0 unspecified atom stereocenters. The first-order chi connectivity index (χ1) is 17.3. The Kier molecular flexibility index (Phi) is 10.5. The van der Waals surface area contributed by atoms with E-state index >= 15 is 0 Å². The van der Waals surface area contributed by atoms with Crippen LogP contribution in [0, 0.1) is 27.7 Å². The van der Waals surface area contributed by atoms with Gasteiger partial charge in [0.25, 0.3) is 0 Å². The maximum absolute atomic E-state index is 14.0. The summed E-state index contributed by atoms with van der Waals surface area (Å²) in [6.07, 6.45) is 10.1. The van der Waals surface area contributed by atoms with Gasteiger partial charge in [-0.05, 0) is 92.6 Å². The Labute approximate surface area is 217 Å². The van der Waals surface area contributed by atoms with Crippen molar-refractivity contribution in [2.75, 3.05) is 0 Å². The zero-order chi connectivity index (χ0) is 26.0. The lowest BCUT2D eigenvalue weighted by atomic mass is 10.0. The summed E-state index contributed by atoms with van der Waals surface area (Å²) in [6, 6.07) is 19.1. The molecule has 0 fully saturated rings. The molecule has 3 rings (SSSR count). The summed E-state index contributed by atoms with van der Waals surface area (Å²) in [5.74, 6) is 1.43. The Balaban J connectivity index is 1.71. The monoisotopic (exact) mass is 508 g/mol. The molecule has 0 saturated carbocycles. The minimum absolute atomic E-state index is 0.456. The molecule has 0 heterocycles. The van der Waals surface area contributed by atoms with Gasteiger partial charge in [0.2, 0.25) is 0 Å². The second-order valence-electron chi connectivity index (χ2n) is 9.63. The normalized spacial score (nSPS) is 11.4. The molecule has 4 nitrogen and oxygen atoms in total. The number of benzene rings is 3. The van der Waals surface area contributed by atoms with E-state index in [0.717, 1.165) is 28.7 Å². The highest BCUT2D eigenvalue weighted by Gasteiger charge is 2.34. The van der Waals surface area contributed by atoms with Gasteiger partial charge >= 0.3 is 7.82 Å². The summed E-state index contributed by atoms with van der Waals surface area (Å²) in [6.45, 7) is 10.1. The number of aryl methyl sites for hydroxylation is 3. The minimum Gasteiger partial charge on any atom is -0.386 e. The number of unbranched alkanes of at least 4 members (excludes halogenated alkanes) is 6. The molecule has 0 amide bonds. The van der Waals surface area contributed by atoms with Gasteiger partial charge < -0.3 is 13.6 Å². The van der Waals surface area contributed by atoms with Crippen molar-refractivity contribution in [3.8, 4) is 17.2 Å². The van der Waals surface area contributed by atoms with Crippen molar-refractivity contribution < 1.29 is 18.1 Å². The van der Waals surface area contributed by atoms with Gasteiger partial charge in [-0.1, -0.05) is 81.8 Å². The van der Waals surface area contributed by atoms with E-state index in [2.05, 4.69) is 6.92 Å². The van der Waals surface area contributed by atoms with E-state index in [4.69, 9.17) is 13.6 Å². The molecule has 0 aromatic heterocycles. The molecule has 0 aliphatic carbocycles. The fourth-order valence-corrected chi connectivity index (χ4v) is 5.44. The van der Waals surface area contributed by atoms with E-state index in [9.17, 15) is 4.57 Å². The molecule has 0 bridgehead atoms. The number of hydrogen-bond donors (Lipinski definition) is 0. The molecule has 0 spiro atoms. The van der Waals surface area contributed by atoms with E-state index in [0.29, 0.717) is 17.2 Å². The van der Waals surface area contributed by atoms with E-state index in [-0.39, 0.29) is 0 Å². The first kappa shape index (κ1) is 27.9. The van der Waals surface area contributed by atoms with Crippen LogP contribution in [0.2, 0.25) is 0 Å². The minimum atomic E-state index is -4.03. The lowest BCUT2D eigenvalue weighted by Crippen LogP contribution is -2.09. The zero-order valence-corrected chi connectivity index (χ0v) is 23.4. The predicted octanol–water partition coefficient (Wildman–Crippen LogP) is 9.86. The summed E-state index contributed by atoms with van der Waals surface area (Å²) < 4.78 is 31.9. The van der Waals surface area contributed by atoms with Crippen molar-refractivity contribution in [3.05, 3.63) is 88.5 Å². The summed E-state index contributed by atoms with van der Waals surface area (Å²) in [5, 5.41) is 0. The number of hydrogen-bond acceptors (Lipinski definition) is 4. The third-order valence-electron chi connectivity index (χ3n) is 6.74. The van der Waals surface area contributed by atoms with Crippen LogP contribution in [-0.4, -0.2) is 0 Å². The summed E-state index contributed by atoms with van der Waals surface area (Å²) >= 11 is 0. The highest BCUT2D eigenvalue weighted by atomic mass is 31.2. The van der Waals surface area contributed by atoms with Gasteiger partial charge in [-0.15, -0.1) is 0 Å². The smallest absolute Gasteiger partial charge is 0.386 e. The molecule has 0 atom stereocenters. The van der Waals surface area contributed by atoms with Crippen LogP contribution in [0.25, 0.3) is 0 Å². The number of phosphoric acid groups is 1. The summed E-state index contributed by atoms with van der Waals surface area (Å²) in [4.78, 5) is 0. The van der Waals surface area contributed by atoms with Crippen LogP contribution in [0.1, 0.15) is 79.7 Å². The summed E-state index contributed by atoms with van der Waals surface area (Å²) in [7, 11) is -4.03. The standard InChI is InChI=1S/C31H41O4P/c1-6-7-8-9-10-11-12-17-28-20-22-29(23-21-28)33-36(32,34-30-18-13-15-24(2)26(30)4)35-31-19-14-16-25(3)27(31)5/h13-16,18-23H,6-12,17H2,1-5H3. The molecule has 5 heteroatoms. The quantitative estimate of drug-likeness (QED) is 0.161.